The molecular weight excluding hydrogens is 354 g/mol. The Morgan fingerprint density at radius 2 is 1.71 bits per heavy atom. The van der Waals surface area contributed by atoms with Crippen LogP contribution in [-0.2, 0) is 17.8 Å². The Morgan fingerprint density at radius 1 is 1.04 bits per heavy atom. The van der Waals surface area contributed by atoms with Crippen LogP contribution < -0.4 is 10.6 Å². The number of hydrogen-bond acceptors (Lipinski definition) is 5. The van der Waals surface area contributed by atoms with E-state index in [1.165, 1.54) is 11.1 Å². The van der Waals surface area contributed by atoms with Gasteiger partial charge >= 0.3 is 0 Å². The van der Waals surface area contributed by atoms with Crippen molar-refractivity contribution in [1.82, 2.24) is 20.4 Å². The lowest BCUT2D eigenvalue weighted by atomic mass is 10.1. The first-order valence-electron chi connectivity index (χ1n) is 10.5. The van der Waals surface area contributed by atoms with Gasteiger partial charge in [-0.05, 0) is 24.0 Å². The average molecular weight is 390 g/mol. The predicted octanol–water partition coefficient (Wildman–Crippen LogP) is 0.641. The zero-order valence-electron chi connectivity index (χ0n) is 17.1. The zero-order chi connectivity index (χ0) is 19.6. The Bertz CT molecular complexity index is 593. The van der Waals surface area contributed by atoms with E-state index in [1.54, 1.807) is 0 Å². The molecule has 3 rings (SSSR count). The highest BCUT2D eigenvalue weighted by atomic mass is 16.5. The van der Waals surface area contributed by atoms with Gasteiger partial charge in [0.2, 0.25) is 0 Å². The number of rotatable bonds is 7. The van der Waals surface area contributed by atoms with Gasteiger partial charge in [0.25, 0.3) is 0 Å². The lowest BCUT2D eigenvalue weighted by molar-refractivity contribution is 0.0389. The molecule has 2 fully saturated rings. The van der Waals surface area contributed by atoms with Crippen LogP contribution in [0.5, 0.6) is 0 Å². The van der Waals surface area contributed by atoms with Crippen molar-refractivity contribution >= 4 is 5.96 Å². The molecule has 0 saturated carbocycles. The number of benzene rings is 1. The summed E-state index contributed by atoms with van der Waals surface area (Å²) >= 11 is 0. The molecule has 7 nitrogen and oxygen atoms in total. The third-order valence-electron chi connectivity index (χ3n) is 5.49. The van der Waals surface area contributed by atoms with Crippen LogP contribution in [0.1, 0.15) is 24.0 Å². The average Bonchev–Trinajstić information content (AvgIpc) is 2.74. The first kappa shape index (κ1) is 21.0. The van der Waals surface area contributed by atoms with E-state index in [2.05, 4.69) is 49.7 Å². The standard InChI is InChI=1S/C21H35N5O2/c1-22-21(23-8-11-25-12-14-28-15-13-25)24-16-18-2-4-19(5-3-18)17-26-9-6-20(27)7-10-26/h2-5,20,27H,6-17H2,1H3,(H2,22,23,24). The maximum absolute atomic E-state index is 9.62. The summed E-state index contributed by atoms with van der Waals surface area (Å²) in [5.41, 5.74) is 2.57. The van der Waals surface area contributed by atoms with Crippen molar-refractivity contribution in [3.05, 3.63) is 35.4 Å². The Labute approximate surface area is 168 Å². The smallest absolute Gasteiger partial charge is 0.191 e. The first-order chi connectivity index (χ1) is 13.7. The van der Waals surface area contributed by atoms with E-state index < -0.39 is 0 Å². The summed E-state index contributed by atoms with van der Waals surface area (Å²) in [6, 6.07) is 8.78. The summed E-state index contributed by atoms with van der Waals surface area (Å²) in [4.78, 5) is 9.14. The molecule has 0 aliphatic carbocycles. The fraction of sp³-hybridized carbons (Fsp3) is 0.667. The highest BCUT2D eigenvalue weighted by Gasteiger charge is 2.16. The fourth-order valence-corrected chi connectivity index (χ4v) is 3.66. The summed E-state index contributed by atoms with van der Waals surface area (Å²) in [5, 5.41) is 16.4. The van der Waals surface area contributed by atoms with Crippen molar-refractivity contribution in [3.63, 3.8) is 0 Å². The van der Waals surface area contributed by atoms with E-state index >= 15 is 0 Å². The summed E-state index contributed by atoms with van der Waals surface area (Å²) in [6.45, 7) is 9.27. The normalized spacial score (nSPS) is 20.3. The second-order valence-corrected chi connectivity index (χ2v) is 7.63. The number of morpholine rings is 1. The number of ether oxygens (including phenoxy) is 1. The van der Waals surface area contributed by atoms with Crippen molar-refractivity contribution in [3.8, 4) is 0 Å². The molecule has 0 spiro atoms. The van der Waals surface area contributed by atoms with Crippen LogP contribution in [0.25, 0.3) is 0 Å². The molecule has 1 aromatic carbocycles. The third-order valence-corrected chi connectivity index (χ3v) is 5.49. The molecule has 2 heterocycles. The molecule has 2 aliphatic rings. The summed E-state index contributed by atoms with van der Waals surface area (Å²) < 4.78 is 5.38. The highest BCUT2D eigenvalue weighted by molar-refractivity contribution is 5.79. The minimum absolute atomic E-state index is 0.110. The van der Waals surface area contributed by atoms with Crippen LogP contribution in [0.3, 0.4) is 0 Å². The number of nitrogens with one attached hydrogen (secondary N) is 2. The number of hydrogen-bond donors (Lipinski definition) is 3. The monoisotopic (exact) mass is 389 g/mol. The fourth-order valence-electron chi connectivity index (χ4n) is 3.66. The largest absolute Gasteiger partial charge is 0.393 e. The van der Waals surface area contributed by atoms with Crippen LogP contribution in [0.4, 0.5) is 0 Å². The molecule has 7 heteroatoms. The maximum Gasteiger partial charge on any atom is 0.191 e. The Kier molecular flexibility index (Phi) is 8.54. The van der Waals surface area contributed by atoms with Crippen LogP contribution >= 0.6 is 0 Å². The summed E-state index contributed by atoms with van der Waals surface area (Å²) in [5.74, 6) is 0.837. The van der Waals surface area contributed by atoms with Crippen LogP contribution in [0.2, 0.25) is 0 Å². The first-order valence-corrected chi connectivity index (χ1v) is 10.5. The number of guanidine groups is 1. The van der Waals surface area contributed by atoms with Gasteiger partial charge in [-0.1, -0.05) is 24.3 Å². The van der Waals surface area contributed by atoms with Gasteiger partial charge in [-0.3, -0.25) is 14.8 Å². The molecule has 1 aromatic rings. The van der Waals surface area contributed by atoms with Gasteiger partial charge in [-0.25, -0.2) is 0 Å². The molecule has 0 unspecified atom stereocenters. The Hall–Kier alpha value is -1.67. The molecule has 0 aromatic heterocycles. The Balaban J connectivity index is 1.35. The maximum atomic E-state index is 9.62. The Morgan fingerprint density at radius 3 is 2.39 bits per heavy atom. The van der Waals surface area contributed by atoms with Gasteiger partial charge in [-0.15, -0.1) is 0 Å². The molecule has 2 aliphatic heterocycles. The lowest BCUT2D eigenvalue weighted by Crippen LogP contribution is -2.44. The van der Waals surface area contributed by atoms with E-state index in [9.17, 15) is 5.11 Å². The molecule has 0 bridgehead atoms. The van der Waals surface area contributed by atoms with Crippen molar-refractivity contribution in [1.29, 1.82) is 0 Å². The second kappa shape index (κ2) is 11.4. The van der Waals surface area contributed by atoms with Crippen molar-refractivity contribution < 1.29 is 9.84 Å². The number of aliphatic imine (C=N–C) groups is 1. The predicted molar refractivity (Wildman–Crippen MR) is 112 cm³/mol. The number of aliphatic hydroxyl groups excluding tert-OH is 1. The van der Waals surface area contributed by atoms with E-state index in [0.717, 1.165) is 84.4 Å². The van der Waals surface area contributed by atoms with Gasteiger partial charge in [0.1, 0.15) is 0 Å². The third kappa shape index (κ3) is 7.05. The molecular formula is C21H35N5O2. The quantitative estimate of drug-likeness (QED) is 0.470. The second-order valence-electron chi connectivity index (χ2n) is 7.63. The minimum Gasteiger partial charge on any atom is -0.393 e. The molecule has 156 valence electrons. The zero-order valence-corrected chi connectivity index (χ0v) is 17.1. The summed E-state index contributed by atoms with van der Waals surface area (Å²) in [7, 11) is 1.81. The van der Waals surface area contributed by atoms with Crippen molar-refractivity contribution in [2.24, 2.45) is 4.99 Å². The molecule has 28 heavy (non-hydrogen) atoms. The van der Waals surface area contributed by atoms with Gasteiger partial charge < -0.3 is 20.5 Å². The topological polar surface area (TPSA) is 72.4 Å². The lowest BCUT2D eigenvalue weighted by Gasteiger charge is -2.29. The molecule has 3 N–H and O–H groups in total. The van der Waals surface area contributed by atoms with Crippen molar-refractivity contribution in [2.75, 3.05) is 59.5 Å². The highest BCUT2D eigenvalue weighted by Crippen LogP contribution is 2.14. The molecule has 2 saturated heterocycles. The molecule has 0 amide bonds. The molecule has 0 radical (unpaired) electrons. The van der Waals surface area contributed by atoms with Crippen molar-refractivity contribution in [2.45, 2.75) is 32.0 Å². The number of likely N-dealkylation sites (tertiary alicyclic amines) is 1. The number of aliphatic hydroxyl groups is 1. The van der Waals surface area contributed by atoms with E-state index in [4.69, 9.17) is 4.74 Å². The number of piperidine rings is 1. The van der Waals surface area contributed by atoms with E-state index in [1.807, 2.05) is 7.05 Å². The van der Waals surface area contributed by atoms with Crippen LogP contribution in [0, 0.1) is 0 Å². The van der Waals surface area contributed by atoms with E-state index in [0.29, 0.717) is 0 Å². The van der Waals surface area contributed by atoms with Gasteiger partial charge in [0, 0.05) is 59.4 Å². The minimum atomic E-state index is -0.110. The van der Waals surface area contributed by atoms with Crippen LogP contribution in [-0.4, -0.2) is 86.5 Å². The summed E-state index contributed by atoms with van der Waals surface area (Å²) in [6.07, 6.45) is 1.67. The molecule has 0 atom stereocenters. The SMILES string of the molecule is CN=C(NCCN1CCOCC1)NCc1ccc(CN2CCC(O)CC2)cc1. The van der Waals surface area contributed by atoms with Gasteiger partial charge in [0.15, 0.2) is 5.96 Å². The van der Waals surface area contributed by atoms with Crippen LogP contribution in [0.15, 0.2) is 29.3 Å². The van der Waals surface area contributed by atoms with Gasteiger partial charge in [0.05, 0.1) is 19.3 Å². The van der Waals surface area contributed by atoms with E-state index in [-0.39, 0.29) is 6.10 Å². The van der Waals surface area contributed by atoms with Gasteiger partial charge in [-0.2, -0.15) is 0 Å². The number of nitrogens with zero attached hydrogens (tertiary/aromatic N) is 3.